The summed E-state index contributed by atoms with van der Waals surface area (Å²) in [6.07, 6.45) is 2.27. The lowest BCUT2D eigenvalue weighted by atomic mass is 9.97. The maximum absolute atomic E-state index is 14.9. The fourth-order valence-corrected chi connectivity index (χ4v) is 4.65. The number of pyridine rings is 2. The van der Waals surface area contributed by atoms with Crippen LogP contribution in [-0.4, -0.2) is 26.7 Å². The van der Waals surface area contributed by atoms with Crippen LogP contribution in [0.2, 0.25) is 0 Å². The van der Waals surface area contributed by atoms with Crippen LogP contribution in [0.3, 0.4) is 0 Å². The van der Waals surface area contributed by atoms with Crippen molar-refractivity contribution in [3.8, 4) is 5.69 Å². The summed E-state index contributed by atoms with van der Waals surface area (Å²) < 4.78 is 43.8. The van der Waals surface area contributed by atoms with Gasteiger partial charge in [-0.3, -0.25) is 9.36 Å². The minimum atomic E-state index is -1.55. The van der Waals surface area contributed by atoms with E-state index in [-0.39, 0.29) is 34.4 Å². The first-order chi connectivity index (χ1) is 14.3. The van der Waals surface area contributed by atoms with E-state index in [1.165, 1.54) is 0 Å². The van der Waals surface area contributed by atoms with Crippen LogP contribution in [0.4, 0.5) is 13.2 Å². The van der Waals surface area contributed by atoms with Crippen LogP contribution >= 0.6 is 0 Å². The molecule has 9 heteroatoms. The molecular weight excluding hydrogens is 399 g/mol. The van der Waals surface area contributed by atoms with Gasteiger partial charge < -0.3 is 10.8 Å². The molecule has 2 unspecified atom stereocenters. The van der Waals surface area contributed by atoms with E-state index < -0.39 is 34.4 Å². The number of fused-ring (bicyclic) bond motifs is 2. The Hall–Kier alpha value is -3.20. The summed E-state index contributed by atoms with van der Waals surface area (Å²) in [5.41, 5.74) is 4.20. The van der Waals surface area contributed by atoms with E-state index in [2.05, 4.69) is 4.98 Å². The monoisotopic (exact) mass is 415 g/mol. The van der Waals surface area contributed by atoms with Crippen LogP contribution in [0.5, 0.6) is 0 Å². The third-order valence-corrected chi connectivity index (χ3v) is 6.26. The molecule has 6 nitrogen and oxygen atoms in total. The first-order valence-corrected chi connectivity index (χ1v) is 9.46. The molecule has 154 valence electrons. The van der Waals surface area contributed by atoms with Gasteiger partial charge in [0.05, 0.1) is 16.8 Å². The second-order valence-electron chi connectivity index (χ2n) is 7.94. The zero-order chi connectivity index (χ0) is 21.3. The van der Waals surface area contributed by atoms with Crippen LogP contribution in [0.25, 0.3) is 16.7 Å². The van der Waals surface area contributed by atoms with Crippen LogP contribution in [0.1, 0.15) is 34.8 Å². The van der Waals surface area contributed by atoms with Gasteiger partial charge in [0.1, 0.15) is 28.7 Å². The minimum absolute atomic E-state index is 0.0863. The van der Waals surface area contributed by atoms with Gasteiger partial charge >= 0.3 is 5.97 Å². The largest absolute Gasteiger partial charge is 0.477 e. The lowest BCUT2D eigenvalue weighted by Crippen LogP contribution is -2.21. The molecule has 0 saturated heterocycles. The van der Waals surface area contributed by atoms with Crippen LogP contribution < -0.4 is 11.2 Å². The SMILES string of the molecule is NC1[C@H]2CC(c3nc4c(cc3F)c(=O)c(C(=O)O)cn4-c3ccc(F)cc3F)C[C@@H]12. The summed E-state index contributed by atoms with van der Waals surface area (Å²) in [6.45, 7) is 0. The molecule has 4 atom stereocenters. The van der Waals surface area contributed by atoms with Gasteiger partial charge in [-0.15, -0.1) is 0 Å². The number of carboxylic acid groups (broad SMARTS) is 1. The first-order valence-electron chi connectivity index (χ1n) is 9.46. The first kappa shape index (κ1) is 18.8. The molecule has 2 heterocycles. The van der Waals surface area contributed by atoms with Crippen molar-refractivity contribution in [1.82, 2.24) is 9.55 Å². The Bertz CT molecular complexity index is 1280. The number of halogens is 3. The number of carboxylic acids is 1. The van der Waals surface area contributed by atoms with Gasteiger partial charge in [-0.05, 0) is 42.9 Å². The number of benzene rings is 1. The van der Waals surface area contributed by atoms with Crippen LogP contribution in [-0.2, 0) is 0 Å². The molecule has 1 aromatic carbocycles. The highest BCUT2D eigenvalue weighted by Gasteiger charge is 2.54. The van der Waals surface area contributed by atoms with E-state index in [1.54, 1.807) is 0 Å². The highest BCUT2D eigenvalue weighted by molar-refractivity contribution is 5.92. The molecule has 0 aliphatic heterocycles. The van der Waals surface area contributed by atoms with Crippen molar-refractivity contribution in [2.45, 2.75) is 24.8 Å². The molecule has 2 aromatic heterocycles. The fraction of sp³-hybridized carbons (Fsp3) is 0.286. The van der Waals surface area contributed by atoms with E-state index in [1.807, 2.05) is 0 Å². The minimum Gasteiger partial charge on any atom is -0.477 e. The molecule has 0 bridgehead atoms. The molecule has 30 heavy (non-hydrogen) atoms. The third-order valence-electron chi connectivity index (χ3n) is 6.26. The number of carbonyl (C=O) groups is 1. The second kappa shape index (κ2) is 6.40. The maximum Gasteiger partial charge on any atom is 0.341 e. The number of aromatic carboxylic acids is 1. The van der Waals surface area contributed by atoms with Crippen molar-refractivity contribution in [2.24, 2.45) is 17.6 Å². The molecule has 0 amide bonds. The topological polar surface area (TPSA) is 98.2 Å². The number of nitrogens with two attached hydrogens (primary N) is 1. The Labute approximate surface area is 167 Å². The van der Waals surface area contributed by atoms with E-state index in [0.29, 0.717) is 30.7 Å². The number of hydrogen-bond acceptors (Lipinski definition) is 4. The maximum atomic E-state index is 14.9. The number of nitrogens with zero attached hydrogens (tertiary/aromatic N) is 2. The van der Waals surface area contributed by atoms with Gasteiger partial charge in [-0.1, -0.05) is 0 Å². The summed E-state index contributed by atoms with van der Waals surface area (Å²) in [5.74, 6) is -3.61. The summed E-state index contributed by atoms with van der Waals surface area (Å²) in [7, 11) is 0. The number of hydrogen-bond donors (Lipinski definition) is 2. The number of rotatable bonds is 3. The predicted octanol–water partition coefficient (Wildman–Crippen LogP) is 2.95. The van der Waals surface area contributed by atoms with Crippen molar-refractivity contribution in [2.75, 3.05) is 0 Å². The molecule has 5 rings (SSSR count). The van der Waals surface area contributed by atoms with Crippen molar-refractivity contribution in [3.63, 3.8) is 0 Å². The Kier molecular flexibility index (Phi) is 4.01. The van der Waals surface area contributed by atoms with E-state index >= 15 is 0 Å². The molecule has 2 fully saturated rings. The van der Waals surface area contributed by atoms with Crippen LogP contribution in [0, 0.1) is 29.3 Å². The molecular formula is C21H16F3N3O3. The average Bonchev–Trinajstić information content (AvgIpc) is 3.10. The van der Waals surface area contributed by atoms with Gasteiger partial charge in [-0.25, -0.2) is 22.9 Å². The normalized spacial score (nSPS) is 24.8. The third kappa shape index (κ3) is 2.72. The Morgan fingerprint density at radius 2 is 1.83 bits per heavy atom. The van der Waals surface area contributed by atoms with Gasteiger partial charge in [0, 0.05) is 24.2 Å². The zero-order valence-corrected chi connectivity index (χ0v) is 15.5. The van der Waals surface area contributed by atoms with Crippen molar-refractivity contribution in [1.29, 1.82) is 0 Å². The van der Waals surface area contributed by atoms with Gasteiger partial charge in [-0.2, -0.15) is 0 Å². The van der Waals surface area contributed by atoms with E-state index in [4.69, 9.17) is 5.73 Å². The summed E-state index contributed by atoms with van der Waals surface area (Å²) in [4.78, 5) is 28.5. The Balaban J connectivity index is 1.76. The molecule has 3 aromatic rings. The summed E-state index contributed by atoms with van der Waals surface area (Å²) in [6, 6.07) is 3.81. The summed E-state index contributed by atoms with van der Waals surface area (Å²) in [5, 5.41) is 9.08. The lowest BCUT2D eigenvalue weighted by molar-refractivity contribution is 0.0695. The molecule has 2 saturated carbocycles. The second-order valence-corrected chi connectivity index (χ2v) is 7.94. The average molecular weight is 415 g/mol. The number of aromatic nitrogens is 2. The molecule has 2 aliphatic carbocycles. The van der Waals surface area contributed by atoms with Crippen molar-refractivity contribution in [3.05, 3.63) is 69.4 Å². The van der Waals surface area contributed by atoms with Gasteiger partial charge in [0.2, 0.25) is 5.43 Å². The zero-order valence-electron chi connectivity index (χ0n) is 15.5. The standard InChI is InChI=1S/C21H16F3N3O3/c22-9-1-2-16(14(23)5-9)27-7-13(21(29)30)19(28)12-6-15(24)18(26-20(12)27)8-3-10-11(4-8)17(10)25/h1-2,5-8,10-11,17H,3-4,25H2,(H,29,30)/t8?,10-,11+,17?. The molecule has 0 radical (unpaired) electrons. The highest BCUT2D eigenvalue weighted by atomic mass is 19.1. The molecule has 0 spiro atoms. The van der Waals surface area contributed by atoms with Crippen LogP contribution in [0.15, 0.2) is 35.3 Å². The summed E-state index contributed by atoms with van der Waals surface area (Å²) >= 11 is 0. The Morgan fingerprint density at radius 1 is 1.13 bits per heavy atom. The van der Waals surface area contributed by atoms with Gasteiger partial charge in [0.15, 0.2) is 0 Å². The fourth-order valence-electron chi connectivity index (χ4n) is 4.65. The molecule has 3 N–H and O–H groups in total. The van der Waals surface area contributed by atoms with E-state index in [0.717, 1.165) is 29.0 Å². The van der Waals surface area contributed by atoms with Crippen molar-refractivity contribution < 1.29 is 23.1 Å². The van der Waals surface area contributed by atoms with Crippen molar-refractivity contribution >= 4 is 17.0 Å². The highest BCUT2D eigenvalue weighted by Crippen LogP contribution is 2.56. The smallest absolute Gasteiger partial charge is 0.341 e. The Morgan fingerprint density at radius 3 is 2.47 bits per heavy atom. The van der Waals surface area contributed by atoms with E-state index in [9.17, 15) is 27.9 Å². The van der Waals surface area contributed by atoms with Gasteiger partial charge in [0.25, 0.3) is 0 Å². The lowest BCUT2D eigenvalue weighted by Gasteiger charge is -2.17. The predicted molar refractivity (Wildman–Crippen MR) is 101 cm³/mol. The quantitative estimate of drug-likeness (QED) is 0.686. The molecule has 2 aliphatic rings.